The molecule has 0 bridgehead atoms. The van der Waals surface area contributed by atoms with Crippen LogP contribution in [0.2, 0.25) is 0 Å². The van der Waals surface area contributed by atoms with Gasteiger partial charge in [-0.2, -0.15) is 5.10 Å². The molecule has 0 aliphatic heterocycles. The van der Waals surface area contributed by atoms with Crippen LogP contribution in [0, 0.1) is 6.92 Å². The number of guanidine groups is 1. The first-order valence-electron chi connectivity index (χ1n) is 8.86. The number of aliphatic imine (C=N–C) groups is 1. The van der Waals surface area contributed by atoms with E-state index in [0.29, 0.717) is 12.4 Å². The zero-order valence-corrected chi connectivity index (χ0v) is 18.7. The third-order valence-corrected chi connectivity index (χ3v) is 3.86. The summed E-state index contributed by atoms with van der Waals surface area (Å²) in [6, 6.07) is 0. The van der Waals surface area contributed by atoms with Gasteiger partial charge in [-0.3, -0.25) is 5.10 Å². The fourth-order valence-corrected chi connectivity index (χ4v) is 2.33. The van der Waals surface area contributed by atoms with E-state index < -0.39 is 0 Å². The summed E-state index contributed by atoms with van der Waals surface area (Å²) in [5.41, 5.74) is 2.36. The van der Waals surface area contributed by atoms with Gasteiger partial charge in [0.2, 0.25) is 5.89 Å². The molecular formula is C18H31IN6O. The van der Waals surface area contributed by atoms with E-state index in [0.717, 1.165) is 43.3 Å². The van der Waals surface area contributed by atoms with Crippen LogP contribution < -0.4 is 10.6 Å². The molecular weight excluding hydrogens is 443 g/mol. The minimum absolute atomic E-state index is 0. The molecule has 8 heteroatoms. The van der Waals surface area contributed by atoms with E-state index in [9.17, 15) is 0 Å². The molecule has 7 nitrogen and oxygen atoms in total. The van der Waals surface area contributed by atoms with Gasteiger partial charge in [0.1, 0.15) is 12.3 Å². The van der Waals surface area contributed by atoms with Crippen molar-refractivity contribution in [1.29, 1.82) is 0 Å². The van der Waals surface area contributed by atoms with Gasteiger partial charge in [0, 0.05) is 24.2 Å². The number of aromatic amines is 1. The highest BCUT2D eigenvalue weighted by atomic mass is 127. The van der Waals surface area contributed by atoms with Crippen LogP contribution in [0.15, 0.2) is 21.8 Å². The van der Waals surface area contributed by atoms with Crippen molar-refractivity contribution in [2.75, 3.05) is 13.1 Å². The van der Waals surface area contributed by atoms with E-state index in [1.54, 1.807) is 6.20 Å². The second kappa shape index (κ2) is 10.5. The average Bonchev–Trinajstić information content (AvgIpc) is 3.18. The molecule has 26 heavy (non-hydrogen) atoms. The van der Waals surface area contributed by atoms with Crippen LogP contribution in [0.25, 0.3) is 0 Å². The van der Waals surface area contributed by atoms with Crippen molar-refractivity contribution < 1.29 is 4.42 Å². The third kappa shape index (κ3) is 6.97. The van der Waals surface area contributed by atoms with Gasteiger partial charge < -0.3 is 15.1 Å². The van der Waals surface area contributed by atoms with Gasteiger partial charge >= 0.3 is 0 Å². The van der Waals surface area contributed by atoms with E-state index in [4.69, 9.17) is 4.42 Å². The molecule has 0 saturated heterocycles. The maximum absolute atomic E-state index is 5.78. The fraction of sp³-hybridized carbons (Fsp3) is 0.611. The second-order valence-electron chi connectivity index (χ2n) is 7.11. The molecule has 0 atom stereocenters. The topological polar surface area (TPSA) is 91.1 Å². The third-order valence-electron chi connectivity index (χ3n) is 3.86. The Bertz CT molecular complexity index is 686. The molecule has 146 valence electrons. The number of rotatable bonds is 7. The summed E-state index contributed by atoms with van der Waals surface area (Å²) in [6.07, 6.45) is 5.68. The molecule has 0 aliphatic carbocycles. The van der Waals surface area contributed by atoms with Gasteiger partial charge in [0.15, 0.2) is 5.96 Å². The fourth-order valence-electron chi connectivity index (χ4n) is 2.33. The Hall–Kier alpha value is -1.58. The minimum Gasteiger partial charge on any atom is -0.443 e. The van der Waals surface area contributed by atoms with Gasteiger partial charge in [-0.1, -0.05) is 20.8 Å². The number of oxazole rings is 1. The molecule has 2 aromatic heterocycles. The molecule has 2 heterocycles. The number of hydrogen-bond acceptors (Lipinski definition) is 4. The van der Waals surface area contributed by atoms with E-state index >= 15 is 0 Å². The summed E-state index contributed by atoms with van der Waals surface area (Å²) in [6.45, 7) is 12.5. The van der Waals surface area contributed by atoms with E-state index in [1.807, 2.05) is 13.1 Å². The Morgan fingerprint density at radius 3 is 2.62 bits per heavy atom. The van der Waals surface area contributed by atoms with E-state index in [-0.39, 0.29) is 29.4 Å². The van der Waals surface area contributed by atoms with Crippen molar-refractivity contribution >= 4 is 29.9 Å². The average molecular weight is 474 g/mol. The number of nitrogens with one attached hydrogen (secondary N) is 3. The lowest BCUT2D eigenvalue weighted by atomic mass is 9.94. The second-order valence-corrected chi connectivity index (χ2v) is 7.11. The van der Waals surface area contributed by atoms with Crippen molar-refractivity contribution in [3.05, 3.63) is 35.3 Å². The van der Waals surface area contributed by atoms with Crippen LogP contribution in [0.4, 0.5) is 0 Å². The molecule has 2 rings (SSSR count). The van der Waals surface area contributed by atoms with Crippen molar-refractivity contribution in [2.45, 2.75) is 59.4 Å². The van der Waals surface area contributed by atoms with Crippen LogP contribution in [0.3, 0.4) is 0 Å². The summed E-state index contributed by atoms with van der Waals surface area (Å²) in [7, 11) is 0. The van der Waals surface area contributed by atoms with Crippen LogP contribution >= 0.6 is 24.0 Å². The van der Waals surface area contributed by atoms with E-state index in [2.05, 4.69) is 58.5 Å². The first-order chi connectivity index (χ1) is 11.9. The maximum atomic E-state index is 5.78. The highest BCUT2D eigenvalue weighted by molar-refractivity contribution is 14.0. The molecule has 0 fully saturated rings. The van der Waals surface area contributed by atoms with Crippen LogP contribution in [0.5, 0.6) is 0 Å². The molecule has 0 saturated carbocycles. The van der Waals surface area contributed by atoms with Crippen LogP contribution in [0.1, 0.15) is 57.0 Å². The predicted octanol–water partition coefficient (Wildman–Crippen LogP) is 3.31. The number of halogens is 1. The summed E-state index contributed by atoms with van der Waals surface area (Å²) in [5, 5.41) is 13.6. The Morgan fingerprint density at radius 1 is 1.27 bits per heavy atom. The molecule has 0 radical (unpaired) electrons. The molecule has 0 unspecified atom stereocenters. The Kier molecular flexibility index (Phi) is 9.11. The van der Waals surface area contributed by atoms with Crippen LogP contribution in [-0.2, 0) is 18.4 Å². The summed E-state index contributed by atoms with van der Waals surface area (Å²) in [4.78, 5) is 8.87. The Morgan fingerprint density at radius 2 is 2.04 bits per heavy atom. The van der Waals surface area contributed by atoms with Gasteiger partial charge in [0.25, 0.3) is 0 Å². The molecule has 0 aliphatic rings. The normalized spacial score (nSPS) is 12.0. The Labute approximate surface area is 172 Å². The van der Waals surface area contributed by atoms with Gasteiger partial charge in [-0.25, -0.2) is 9.98 Å². The van der Waals surface area contributed by atoms with E-state index in [1.165, 1.54) is 5.56 Å². The lowest BCUT2D eigenvalue weighted by Crippen LogP contribution is -2.37. The van der Waals surface area contributed by atoms with Crippen LogP contribution in [-0.4, -0.2) is 34.2 Å². The lowest BCUT2D eigenvalue weighted by Gasteiger charge is -2.13. The molecule has 3 N–H and O–H groups in total. The van der Waals surface area contributed by atoms with Crippen molar-refractivity contribution in [3.63, 3.8) is 0 Å². The van der Waals surface area contributed by atoms with Gasteiger partial charge in [-0.15, -0.1) is 24.0 Å². The number of aryl methyl sites for hydroxylation is 2. The standard InChI is InChI=1S/C18H30N6O.HI/c1-6-19-17(20-9-7-8-14-10-23-24-13(14)2)22-12-16-21-11-15(25-16)18(3,4)5;/h10-11H,6-9,12H2,1-5H3,(H,23,24)(H2,19,20,22);1H. The van der Waals surface area contributed by atoms with Crippen molar-refractivity contribution in [2.24, 2.45) is 4.99 Å². The summed E-state index contributed by atoms with van der Waals surface area (Å²) < 4.78 is 5.78. The largest absolute Gasteiger partial charge is 0.443 e. The zero-order chi connectivity index (χ0) is 18.3. The predicted molar refractivity (Wildman–Crippen MR) is 115 cm³/mol. The van der Waals surface area contributed by atoms with Crippen molar-refractivity contribution in [1.82, 2.24) is 25.8 Å². The number of nitrogens with zero attached hydrogens (tertiary/aromatic N) is 3. The molecule has 0 amide bonds. The number of H-pyrrole nitrogens is 1. The highest BCUT2D eigenvalue weighted by Crippen LogP contribution is 2.22. The number of aromatic nitrogens is 3. The molecule has 0 aromatic carbocycles. The highest BCUT2D eigenvalue weighted by Gasteiger charge is 2.18. The first kappa shape index (κ1) is 22.5. The SMILES string of the molecule is CCNC(=NCc1ncc(C(C)(C)C)o1)NCCCc1cn[nH]c1C.I. The smallest absolute Gasteiger partial charge is 0.216 e. The Balaban J connectivity index is 0.00000338. The van der Waals surface area contributed by atoms with Crippen molar-refractivity contribution in [3.8, 4) is 0 Å². The van der Waals surface area contributed by atoms with Gasteiger partial charge in [0.05, 0.1) is 12.4 Å². The molecule has 2 aromatic rings. The molecule has 0 spiro atoms. The number of hydrogen-bond donors (Lipinski definition) is 3. The first-order valence-corrected chi connectivity index (χ1v) is 8.86. The zero-order valence-electron chi connectivity index (χ0n) is 16.3. The lowest BCUT2D eigenvalue weighted by molar-refractivity contribution is 0.383. The maximum Gasteiger partial charge on any atom is 0.216 e. The van der Waals surface area contributed by atoms with Gasteiger partial charge in [-0.05, 0) is 32.3 Å². The monoisotopic (exact) mass is 474 g/mol. The summed E-state index contributed by atoms with van der Waals surface area (Å²) in [5.74, 6) is 2.30. The quantitative estimate of drug-likeness (QED) is 0.248. The minimum atomic E-state index is -0.0388. The summed E-state index contributed by atoms with van der Waals surface area (Å²) >= 11 is 0.